The monoisotopic (exact) mass is 484 g/mol. The van der Waals surface area contributed by atoms with Crippen LogP contribution in [0.1, 0.15) is 71.5 Å². The highest BCUT2D eigenvalue weighted by atomic mass is 16.7. The second-order valence-electron chi connectivity index (χ2n) is 11.8. The van der Waals surface area contributed by atoms with Crippen molar-refractivity contribution in [2.75, 3.05) is 14.2 Å². The second kappa shape index (κ2) is 8.13. The van der Waals surface area contributed by atoms with E-state index in [2.05, 4.69) is 6.92 Å². The summed E-state index contributed by atoms with van der Waals surface area (Å²) in [6, 6.07) is 1.93. The number of methoxy groups -OCH3 is 2. The molecule has 1 unspecified atom stereocenters. The van der Waals surface area contributed by atoms with Crippen molar-refractivity contribution in [2.45, 2.75) is 72.2 Å². The lowest BCUT2D eigenvalue weighted by Gasteiger charge is -2.61. The lowest BCUT2D eigenvalue weighted by molar-refractivity contribution is -0.209. The third-order valence-electron chi connectivity index (χ3n) is 9.94. The van der Waals surface area contributed by atoms with Gasteiger partial charge >= 0.3 is 5.97 Å². The van der Waals surface area contributed by atoms with Gasteiger partial charge in [-0.15, -0.1) is 0 Å². The Kier molecular flexibility index (Phi) is 5.68. The van der Waals surface area contributed by atoms with Gasteiger partial charge in [-0.25, -0.2) is 0 Å². The summed E-state index contributed by atoms with van der Waals surface area (Å²) < 4.78 is 22.5. The summed E-state index contributed by atoms with van der Waals surface area (Å²) in [6.07, 6.45) is 5.44. The van der Waals surface area contributed by atoms with E-state index < -0.39 is 29.0 Å². The summed E-state index contributed by atoms with van der Waals surface area (Å²) in [7, 11) is 3.00. The maximum absolute atomic E-state index is 13.9. The van der Waals surface area contributed by atoms with Gasteiger partial charge in [0.05, 0.1) is 38.1 Å². The number of esters is 1. The molecular formula is C28H36O7. The zero-order chi connectivity index (χ0) is 25.3. The molecule has 0 aromatic carbocycles. The van der Waals surface area contributed by atoms with Crippen molar-refractivity contribution in [3.63, 3.8) is 0 Å². The van der Waals surface area contributed by atoms with Crippen LogP contribution in [0.3, 0.4) is 0 Å². The zero-order valence-corrected chi connectivity index (χ0v) is 21.5. The van der Waals surface area contributed by atoms with Gasteiger partial charge in [-0.2, -0.15) is 0 Å². The first kappa shape index (κ1) is 24.4. The number of hydrogen-bond acceptors (Lipinski definition) is 7. The van der Waals surface area contributed by atoms with Crippen molar-refractivity contribution >= 4 is 17.5 Å². The van der Waals surface area contributed by atoms with Gasteiger partial charge in [0.15, 0.2) is 6.29 Å². The van der Waals surface area contributed by atoms with Crippen molar-refractivity contribution in [1.82, 2.24) is 0 Å². The first-order valence-corrected chi connectivity index (χ1v) is 12.6. The predicted octanol–water partition coefficient (Wildman–Crippen LogP) is 4.81. The van der Waals surface area contributed by atoms with Crippen molar-refractivity contribution in [3.05, 3.63) is 35.3 Å². The van der Waals surface area contributed by atoms with Crippen LogP contribution in [0.25, 0.3) is 0 Å². The van der Waals surface area contributed by atoms with Gasteiger partial charge in [0.1, 0.15) is 11.6 Å². The van der Waals surface area contributed by atoms with Crippen molar-refractivity contribution in [1.29, 1.82) is 0 Å². The van der Waals surface area contributed by atoms with Gasteiger partial charge in [0.25, 0.3) is 0 Å². The number of Topliss-reactive ketones (excluding diaryl/α,β-unsaturated/α-hetero) is 2. The van der Waals surface area contributed by atoms with E-state index in [0.717, 1.165) is 18.4 Å². The van der Waals surface area contributed by atoms with E-state index in [0.29, 0.717) is 12.8 Å². The number of ether oxygens (including phenoxy) is 3. The number of hydrogen-bond donors (Lipinski definition) is 0. The fourth-order valence-electron chi connectivity index (χ4n) is 8.03. The average Bonchev–Trinajstić information content (AvgIpc) is 3.36. The highest BCUT2D eigenvalue weighted by Gasteiger charge is 2.67. The Morgan fingerprint density at radius 3 is 2.49 bits per heavy atom. The molecule has 7 nitrogen and oxygen atoms in total. The fourth-order valence-corrected chi connectivity index (χ4v) is 8.03. The van der Waals surface area contributed by atoms with Gasteiger partial charge in [-0.1, -0.05) is 38.8 Å². The van der Waals surface area contributed by atoms with E-state index >= 15 is 0 Å². The number of carbonyl (C=O) groups is 3. The molecule has 5 rings (SSSR count). The SMILES string of the molecule is COC(=O)C[C@@H]1C(C)(C)C(=O)C2CC3=C4C[C@@H](OC)O[C@@H](c5ccoc5)[C@]4(C)CC[C@H]3[C@@]1(C)C2=O. The summed E-state index contributed by atoms with van der Waals surface area (Å²) in [5, 5.41) is 0. The quantitative estimate of drug-likeness (QED) is 0.344. The first-order valence-electron chi connectivity index (χ1n) is 12.6. The maximum Gasteiger partial charge on any atom is 0.305 e. The maximum atomic E-state index is 13.9. The molecule has 0 radical (unpaired) electrons. The molecule has 7 atom stereocenters. The van der Waals surface area contributed by atoms with E-state index in [1.54, 1.807) is 19.6 Å². The third kappa shape index (κ3) is 3.27. The second-order valence-corrected chi connectivity index (χ2v) is 11.8. The predicted molar refractivity (Wildman–Crippen MR) is 126 cm³/mol. The van der Waals surface area contributed by atoms with Crippen LogP contribution in [0.4, 0.5) is 0 Å². The lowest BCUT2D eigenvalue weighted by atomic mass is 9.41. The molecule has 7 heteroatoms. The molecule has 1 aliphatic heterocycles. The summed E-state index contributed by atoms with van der Waals surface area (Å²) >= 11 is 0. The molecule has 0 N–H and O–H groups in total. The fraction of sp³-hybridized carbons (Fsp3) is 0.679. The summed E-state index contributed by atoms with van der Waals surface area (Å²) in [5.74, 6) is -1.58. The van der Waals surface area contributed by atoms with Crippen LogP contribution in [-0.4, -0.2) is 38.0 Å². The summed E-state index contributed by atoms with van der Waals surface area (Å²) in [4.78, 5) is 40.1. The smallest absolute Gasteiger partial charge is 0.305 e. The van der Waals surface area contributed by atoms with Crippen LogP contribution in [0.2, 0.25) is 0 Å². The average molecular weight is 485 g/mol. The zero-order valence-electron chi connectivity index (χ0n) is 21.5. The van der Waals surface area contributed by atoms with E-state index in [4.69, 9.17) is 18.6 Å². The minimum absolute atomic E-state index is 0.00424. The summed E-state index contributed by atoms with van der Waals surface area (Å²) in [6.45, 7) is 8.02. The standard InChI is InChI=1S/C28H36O7/c1-26(2)20(13-21(29)32-5)28(4)18-7-9-27(3)19(16(18)11-17(23(26)30)24(28)31)12-22(33-6)35-25(27)15-8-10-34-14-15/h8,10,14,17-18,20,22,25H,7,9,11-13H2,1-6H3/t17?,18-,20-,22+,25+,27-,28-/m1/s1. The Balaban J connectivity index is 1.67. The number of rotatable bonds is 4. The Bertz CT molecular complexity index is 1080. The number of carbonyl (C=O) groups excluding carboxylic acids is 3. The molecule has 1 aromatic rings. The molecule has 4 aliphatic rings. The Hall–Kier alpha value is -2.25. The molecule has 3 fully saturated rings. The minimum atomic E-state index is -0.815. The molecule has 2 bridgehead atoms. The molecule has 3 aliphatic carbocycles. The van der Waals surface area contributed by atoms with Crippen LogP contribution in [0, 0.1) is 34.0 Å². The topological polar surface area (TPSA) is 92.0 Å². The number of ketones is 2. The summed E-state index contributed by atoms with van der Waals surface area (Å²) in [5.41, 5.74) is 1.50. The molecule has 1 saturated heterocycles. The first-order chi connectivity index (χ1) is 16.5. The van der Waals surface area contributed by atoms with Gasteiger partial charge in [-0.3, -0.25) is 14.4 Å². The number of furan rings is 1. The van der Waals surface area contributed by atoms with Crippen LogP contribution in [0.15, 0.2) is 34.2 Å². The largest absolute Gasteiger partial charge is 0.472 e. The van der Waals surface area contributed by atoms with Crippen molar-refractivity contribution in [2.24, 2.45) is 34.0 Å². The molecule has 2 saturated carbocycles. The molecular weight excluding hydrogens is 448 g/mol. The lowest BCUT2D eigenvalue weighted by Crippen LogP contribution is -2.64. The van der Waals surface area contributed by atoms with Gasteiger partial charge in [-0.05, 0) is 37.2 Å². The van der Waals surface area contributed by atoms with Crippen LogP contribution < -0.4 is 0 Å². The molecule has 2 heterocycles. The normalized spacial score (nSPS) is 40.2. The Morgan fingerprint density at radius 1 is 1.11 bits per heavy atom. The molecule has 35 heavy (non-hydrogen) atoms. The highest BCUT2D eigenvalue weighted by molar-refractivity contribution is 6.11. The van der Waals surface area contributed by atoms with E-state index in [1.807, 2.05) is 26.8 Å². The molecule has 0 amide bonds. The van der Waals surface area contributed by atoms with Gasteiger partial charge in [0.2, 0.25) is 0 Å². The Morgan fingerprint density at radius 2 is 1.86 bits per heavy atom. The molecule has 1 aromatic heterocycles. The highest BCUT2D eigenvalue weighted by Crippen LogP contribution is 2.67. The van der Waals surface area contributed by atoms with E-state index in [1.165, 1.54) is 18.3 Å². The van der Waals surface area contributed by atoms with Crippen LogP contribution in [0.5, 0.6) is 0 Å². The molecule has 0 spiro atoms. The number of allylic oxidation sites excluding steroid dienone is 1. The Labute approximate surface area is 206 Å². The van der Waals surface area contributed by atoms with Gasteiger partial charge < -0.3 is 18.6 Å². The van der Waals surface area contributed by atoms with Crippen LogP contribution >= 0.6 is 0 Å². The third-order valence-corrected chi connectivity index (χ3v) is 9.94. The van der Waals surface area contributed by atoms with Crippen molar-refractivity contribution < 1.29 is 33.0 Å². The minimum Gasteiger partial charge on any atom is -0.472 e. The van der Waals surface area contributed by atoms with Gasteiger partial charge in [0, 0.05) is 35.3 Å². The van der Waals surface area contributed by atoms with E-state index in [9.17, 15) is 14.4 Å². The van der Waals surface area contributed by atoms with Crippen molar-refractivity contribution in [3.8, 4) is 0 Å². The van der Waals surface area contributed by atoms with E-state index in [-0.39, 0.29) is 41.4 Å². The number of fused-ring (bicyclic) bond motifs is 5. The van der Waals surface area contributed by atoms with Crippen LogP contribution in [-0.2, 0) is 28.6 Å². The molecule has 190 valence electrons.